The number of carbonyl (C=O) groups is 1. The first kappa shape index (κ1) is 17.0. The number of hydrogen-bond donors (Lipinski definition) is 2. The van der Waals surface area contributed by atoms with Crippen LogP contribution in [0.15, 0.2) is 48.5 Å². The quantitative estimate of drug-likeness (QED) is 0.675. The van der Waals surface area contributed by atoms with E-state index < -0.39 is 6.04 Å². The molecule has 3 rings (SSSR count). The number of hydrogen-bond acceptors (Lipinski definition) is 5. The number of nitrogens with two attached hydrogens (primary N) is 1. The Bertz CT molecular complexity index is 871. The zero-order chi connectivity index (χ0) is 17.8. The van der Waals surface area contributed by atoms with Gasteiger partial charge in [0.05, 0.1) is 17.6 Å². The van der Waals surface area contributed by atoms with Crippen LogP contribution in [0.3, 0.4) is 0 Å². The fourth-order valence-electron chi connectivity index (χ4n) is 2.70. The van der Waals surface area contributed by atoms with Crippen LogP contribution in [0.1, 0.15) is 12.5 Å². The second kappa shape index (κ2) is 7.36. The van der Waals surface area contributed by atoms with E-state index in [0.29, 0.717) is 13.0 Å². The zero-order valence-electron chi connectivity index (χ0n) is 14.4. The number of nitrogens with zero attached hydrogens (tertiary/aromatic N) is 2. The Labute approximate surface area is 146 Å². The van der Waals surface area contributed by atoms with Crippen molar-refractivity contribution in [3.8, 4) is 0 Å². The Morgan fingerprint density at radius 2 is 1.96 bits per heavy atom. The highest BCUT2D eigenvalue weighted by Crippen LogP contribution is 2.21. The lowest BCUT2D eigenvalue weighted by atomic mass is 10.1. The average molecular weight is 338 g/mol. The molecule has 1 heterocycles. The number of imidazole rings is 1. The largest absolute Gasteiger partial charge is 0.465 e. The van der Waals surface area contributed by atoms with Crippen LogP contribution in [0.25, 0.3) is 11.0 Å². The van der Waals surface area contributed by atoms with E-state index in [0.717, 1.165) is 28.2 Å². The van der Waals surface area contributed by atoms with E-state index in [1.807, 2.05) is 60.1 Å². The third-order valence-electron chi connectivity index (χ3n) is 4.04. The van der Waals surface area contributed by atoms with Gasteiger partial charge in [-0.05, 0) is 43.2 Å². The molecule has 1 aromatic heterocycles. The summed E-state index contributed by atoms with van der Waals surface area (Å²) in [5.41, 5.74) is 9.78. The monoisotopic (exact) mass is 338 g/mol. The highest BCUT2D eigenvalue weighted by molar-refractivity contribution is 5.79. The average Bonchev–Trinajstić information content (AvgIpc) is 2.93. The van der Waals surface area contributed by atoms with Gasteiger partial charge < -0.3 is 20.4 Å². The van der Waals surface area contributed by atoms with Crippen molar-refractivity contribution < 1.29 is 9.53 Å². The Morgan fingerprint density at radius 3 is 2.64 bits per heavy atom. The number of carbonyl (C=O) groups excluding carboxylic acids is 1. The number of aryl methyl sites for hydroxylation is 1. The lowest BCUT2D eigenvalue weighted by Crippen LogP contribution is -2.34. The lowest BCUT2D eigenvalue weighted by molar-refractivity contribution is -0.144. The maximum Gasteiger partial charge on any atom is 0.323 e. The third-order valence-corrected chi connectivity index (χ3v) is 4.04. The Kier molecular flexibility index (Phi) is 5.00. The topological polar surface area (TPSA) is 82.2 Å². The van der Waals surface area contributed by atoms with Crippen molar-refractivity contribution in [1.29, 1.82) is 0 Å². The second-order valence-corrected chi connectivity index (χ2v) is 5.87. The molecule has 0 aliphatic rings. The number of ether oxygens (including phenoxy) is 1. The van der Waals surface area contributed by atoms with E-state index in [1.165, 1.54) is 0 Å². The molecule has 6 heteroatoms. The van der Waals surface area contributed by atoms with E-state index in [9.17, 15) is 4.79 Å². The number of benzene rings is 2. The number of fused-ring (bicyclic) bond motifs is 1. The van der Waals surface area contributed by atoms with Crippen LogP contribution in [0, 0.1) is 0 Å². The van der Waals surface area contributed by atoms with Gasteiger partial charge in [-0.3, -0.25) is 4.79 Å². The summed E-state index contributed by atoms with van der Waals surface area (Å²) in [5, 5.41) is 3.31. The maximum absolute atomic E-state index is 11.6. The number of para-hydroxylation sites is 2. The first-order chi connectivity index (χ1) is 12.1. The normalized spacial score (nSPS) is 12.1. The summed E-state index contributed by atoms with van der Waals surface area (Å²) in [4.78, 5) is 16.2. The van der Waals surface area contributed by atoms with Gasteiger partial charge in [0.2, 0.25) is 5.95 Å². The molecule has 0 amide bonds. The minimum atomic E-state index is -0.640. The Balaban J connectivity index is 1.70. The Morgan fingerprint density at radius 1 is 1.24 bits per heavy atom. The van der Waals surface area contributed by atoms with Crippen LogP contribution >= 0.6 is 0 Å². The molecule has 0 aliphatic carbocycles. The zero-order valence-corrected chi connectivity index (χ0v) is 14.4. The van der Waals surface area contributed by atoms with E-state index >= 15 is 0 Å². The summed E-state index contributed by atoms with van der Waals surface area (Å²) in [6, 6.07) is 15.1. The fraction of sp³-hybridized carbons (Fsp3) is 0.263. The fourth-order valence-corrected chi connectivity index (χ4v) is 2.70. The molecule has 0 aliphatic heterocycles. The molecule has 0 fully saturated rings. The molecule has 2 aromatic carbocycles. The van der Waals surface area contributed by atoms with Crippen LogP contribution in [0.4, 0.5) is 11.6 Å². The van der Waals surface area contributed by atoms with Crippen LogP contribution in [0.5, 0.6) is 0 Å². The van der Waals surface area contributed by atoms with Gasteiger partial charge in [0, 0.05) is 12.7 Å². The van der Waals surface area contributed by atoms with E-state index in [2.05, 4.69) is 10.3 Å². The number of esters is 1. The molecular weight excluding hydrogens is 316 g/mol. The smallest absolute Gasteiger partial charge is 0.323 e. The van der Waals surface area contributed by atoms with Gasteiger partial charge in [-0.25, -0.2) is 4.98 Å². The summed E-state index contributed by atoms with van der Waals surface area (Å²) in [5.74, 6) is 0.404. The molecule has 25 heavy (non-hydrogen) atoms. The van der Waals surface area contributed by atoms with Crippen LogP contribution in [0.2, 0.25) is 0 Å². The summed E-state index contributed by atoms with van der Waals surface area (Å²) < 4.78 is 6.95. The molecule has 6 nitrogen and oxygen atoms in total. The molecule has 0 saturated carbocycles. The summed E-state index contributed by atoms with van der Waals surface area (Å²) in [6.45, 7) is 2.11. The molecule has 130 valence electrons. The van der Waals surface area contributed by atoms with E-state index in [4.69, 9.17) is 10.5 Å². The predicted molar refractivity (Wildman–Crippen MR) is 98.8 cm³/mol. The van der Waals surface area contributed by atoms with Gasteiger partial charge in [-0.2, -0.15) is 0 Å². The van der Waals surface area contributed by atoms with Gasteiger partial charge in [-0.1, -0.05) is 24.3 Å². The number of anilines is 2. The van der Waals surface area contributed by atoms with Gasteiger partial charge in [-0.15, -0.1) is 0 Å². The second-order valence-electron chi connectivity index (χ2n) is 5.87. The van der Waals surface area contributed by atoms with Gasteiger partial charge in [0.15, 0.2) is 0 Å². The van der Waals surface area contributed by atoms with Crippen LogP contribution in [-0.2, 0) is 23.0 Å². The molecule has 0 spiro atoms. The van der Waals surface area contributed by atoms with Crippen molar-refractivity contribution >= 4 is 28.6 Å². The van der Waals surface area contributed by atoms with Gasteiger partial charge >= 0.3 is 5.97 Å². The molecule has 0 unspecified atom stereocenters. The molecule has 0 bridgehead atoms. The van der Waals surface area contributed by atoms with Crippen molar-refractivity contribution in [2.24, 2.45) is 12.8 Å². The van der Waals surface area contributed by atoms with Crippen LogP contribution < -0.4 is 11.1 Å². The highest BCUT2D eigenvalue weighted by Gasteiger charge is 2.15. The summed E-state index contributed by atoms with van der Waals surface area (Å²) in [6.07, 6.45) is 0.450. The summed E-state index contributed by atoms with van der Waals surface area (Å²) >= 11 is 0. The van der Waals surface area contributed by atoms with Crippen LogP contribution in [-0.4, -0.2) is 28.2 Å². The predicted octanol–water partition coefficient (Wildman–Crippen LogP) is 2.75. The molecule has 3 aromatic rings. The third kappa shape index (κ3) is 3.80. The van der Waals surface area contributed by atoms with Crippen molar-refractivity contribution in [2.75, 3.05) is 11.9 Å². The molecule has 0 saturated heterocycles. The first-order valence-electron chi connectivity index (χ1n) is 8.28. The van der Waals surface area contributed by atoms with E-state index in [-0.39, 0.29) is 5.97 Å². The van der Waals surface area contributed by atoms with E-state index in [1.54, 1.807) is 6.92 Å². The minimum Gasteiger partial charge on any atom is -0.465 e. The SMILES string of the molecule is CCOC(=O)[C@@H](N)Cc1ccc(Nc2nc3ccccc3n2C)cc1. The number of nitrogens with one attached hydrogen (secondary N) is 1. The maximum atomic E-state index is 11.6. The molecule has 0 radical (unpaired) electrons. The highest BCUT2D eigenvalue weighted by atomic mass is 16.5. The van der Waals surface area contributed by atoms with Gasteiger partial charge in [0.1, 0.15) is 6.04 Å². The summed E-state index contributed by atoms with van der Waals surface area (Å²) in [7, 11) is 1.98. The molecule has 1 atom stereocenters. The van der Waals surface area contributed by atoms with Crippen molar-refractivity contribution in [3.05, 3.63) is 54.1 Å². The van der Waals surface area contributed by atoms with Crippen molar-refractivity contribution in [3.63, 3.8) is 0 Å². The van der Waals surface area contributed by atoms with Gasteiger partial charge in [0.25, 0.3) is 0 Å². The van der Waals surface area contributed by atoms with Crippen molar-refractivity contribution in [2.45, 2.75) is 19.4 Å². The number of rotatable bonds is 6. The van der Waals surface area contributed by atoms with Crippen molar-refractivity contribution in [1.82, 2.24) is 9.55 Å². The Hall–Kier alpha value is -2.86. The lowest BCUT2D eigenvalue weighted by Gasteiger charge is -2.11. The molecule has 3 N–H and O–H groups in total. The standard InChI is InChI=1S/C19H22N4O2/c1-3-25-18(24)15(20)12-13-8-10-14(11-9-13)21-19-22-16-6-4-5-7-17(16)23(19)2/h4-11,15H,3,12,20H2,1-2H3,(H,21,22)/t15-/m0/s1. The first-order valence-corrected chi connectivity index (χ1v) is 8.28. The molecular formula is C19H22N4O2. The number of aromatic nitrogens is 2. The minimum absolute atomic E-state index is 0.341.